The molecule has 0 bridgehead atoms. The van der Waals surface area contributed by atoms with Gasteiger partial charge in [0.05, 0.1) is 16.9 Å². The van der Waals surface area contributed by atoms with Crippen molar-refractivity contribution in [1.82, 2.24) is 20.2 Å². The molecule has 3 aliphatic rings. The summed E-state index contributed by atoms with van der Waals surface area (Å²) in [5, 5.41) is 10.2. The van der Waals surface area contributed by atoms with Gasteiger partial charge < -0.3 is 16.0 Å². The van der Waals surface area contributed by atoms with Crippen molar-refractivity contribution in [2.24, 2.45) is 0 Å². The molecule has 1 aromatic heterocycles. The van der Waals surface area contributed by atoms with Gasteiger partial charge in [0.15, 0.2) is 0 Å². The summed E-state index contributed by atoms with van der Waals surface area (Å²) in [4.78, 5) is 24.5. The van der Waals surface area contributed by atoms with Gasteiger partial charge in [-0.3, -0.25) is 9.69 Å². The van der Waals surface area contributed by atoms with Crippen LogP contribution in [0.3, 0.4) is 0 Å². The van der Waals surface area contributed by atoms with E-state index in [4.69, 9.17) is 16.6 Å². The molecule has 1 saturated heterocycles. The molecule has 1 atom stereocenters. The highest BCUT2D eigenvalue weighted by Gasteiger charge is 2.35. The Kier molecular flexibility index (Phi) is 5.92. The number of aryl methyl sites for hydroxylation is 1. The number of amides is 1. The van der Waals surface area contributed by atoms with Gasteiger partial charge in [0, 0.05) is 44.1 Å². The van der Waals surface area contributed by atoms with E-state index in [9.17, 15) is 4.79 Å². The second-order valence-electron chi connectivity index (χ2n) is 9.83. The van der Waals surface area contributed by atoms with E-state index in [-0.39, 0.29) is 5.91 Å². The van der Waals surface area contributed by atoms with Crippen molar-refractivity contribution in [1.29, 1.82) is 0 Å². The number of rotatable bonds is 6. The molecular weight excluding hydrogens is 460 g/mol. The molecule has 1 amide bonds. The van der Waals surface area contributed by atoms with Gasteiger partial charge in [-0.15, -0.1) is 0 Å². The number of carbonyl (C=O) groups excluding carboxylic acids is 1. The van der Waals surface area contributed by atoms with Crippen LogP contribution in [0.1, 0.15) is 52.6 Å². The number of nitrogens with one attached hydrogen (secondary N) is 3. The first kappa shape index (κ1) is 22.5. The first-order chi connectivity index (χ1) is 17.0. The average Bonchev–Trinajstić information content (AvgIpc) is 3.64. The number of carbonyl (C=O) groups is 1. The van der Waals surface area contributed by atoms with Crippen LogP contribution in [-0.4, -0.2) is 47.0 Å². The van der Waals surface area contributed by atoms with E-state index in [1.165, 1.54) is 24.0 Å². The molecular formula is C27H29ClN6O. The van der Waals surface area contributed by atoms with E-state index in [2.05, 4.69) is 44.0 Å². The maximum absolute atomic E-state index is 12.9. The summed E-state index contributed by atoms with van der Waals surface area (Å²) in [7, 11) is 0. The van der Waals surface area contributed by atoms with Crippen LogP contribution < -0.4 is 16.0 Å². The minimum absolute atomic E-state index is 0.119. The predicted molar refractivity (Wildman–Crippen MR) is 139 cm³/mol. The van der Waals surface area contributed by atoms with Gasteiger partial charge in [0.1, 0.15) is 5.92 Å². The number of benzene rings is 2. The lowest BCUT2D eigenvalue weighted by molar-refractivity contribution is -0.116. The van der Waals surface area contributed by atoms with Crippen molar-refractivity contribution in [2.75, 3.05) is 36.8 Å². The molecule has 7 nitrogen and oxygen atoms in total. The zero-order valence-corrected chi connectivity index (χ0v) is 20.5. The number of piperazine rings is 1. The second-order valence-corrected chi connectivity index (χ2v) is 10.2. The molecule has 3 heterocycles. The average molecular weight is 489 g/mol. The molecule has 0 radical (unpaired) electrons. The van der Waals surface area contributed by atoms with Gasteiger partial charge in [0.2, 0.25) is 11.9 Å². The van der Waals surface area contributed by atoms with Gasteiger partial charge in [-0.1, -0.05) is 29.8 Å². The summed E-state index contributed by atoms with van der Waals surface area (Å²) < 4.78 is 0. The Morgan fingerprint density at radius 2 is 1.97 bits per heavy atom. The quantitative estimate of drug-likeness (QED) is 0.472. The summed E-state index contributed by atoms with van der Waals surface area (Å²) in [5.74, 6) is 0.412. The minimum atomic E-state index is -0.553. The highest BCUT2D eigenvalue weighted by Crippen LogP contribution is 2.42. The zero-order valence-electron chi connectivity index (χ0n) is 19.8. The van der Waals surface area contributed by atoms with Crippen molar-refractivity contribution in [3.63, 3.8) is 0 Å². The number of hydrogen-bond donors (Lipinski definition) is 3. The fourth-order valence-corrected chi connectivity index (χ4v) is 5.28. The Labute approximate surface area is 210 Å². The third kappa shape index (κ3) is 4.76. The first-order valence-electron chi connectivity index (χ1n) is 12.3. The van der Waals surface area contributed by atoms with Gasteiger partial charge in [-0.25, -0.2) is 9.97 Å². The molecule has 6 rings (SSSR count). The van der Waals surface area contributed by atoms with Crippen LogP contribution in [0.4, 0.5) is 17.3 Å². The van der Waals surface area contributed by atoms with Crippen molar-refractivity contribution >= 4 is 34.8 Å². The molecule has 35 heavy (non-hydrogen) atoms. The topological polar surface area (TPSA) is 82.2 Å². The molecule has 1 aliphatic carbocycles. The van der Waals surface area contributed by atoms with Gasteiger partial charge in [0.25, 0.3) is 0 Å². The SMILES string of the molecule is Cc1ccc2c(c1)NC(=O)C2c1nc(Nc2cc(CN3CCNCC3)cc(C3CC3)c2)ncc1Cl. The molecule has 1 saturated carbocycles. The molecule has 8 heteroatoms. The molecule has 0 spiro atoms. The monoisotopic (exact) mass is 488 g/mol. The number of hydrogen-bond acceptors (Lipinski definition) is 6. The van der Waals surface area contributed by atoms with Crippen molar-refractivity contribution in [2.45, 2.75) is 38.1 Å². The molecule has 2 aromatic carbocycles. The molecule has 180 valence electrons. The summed E-state index contributed by atoms with van der Waals surface area (Å²) in [6, 6.07) is 12.7. The van der Waals surface area contributed by atoms with Crippen molar-refractivity contribution in [3.05, 3.63) is 75.6 Å². The van der Waals surface area contributed by atoms with Gasteiger partial charge in [-0.05, 0) is 66.1 Å². The third-order valence-corrected chi connectivity index (χ3v) is 7.31. The van der Waals surface area contributed by atoms with Gasteiger partial charge >= 0.3 is 0 Å². The largest absolute Gasteiger partial charge is 0.325 e. The predicted octanol–water partition coefficient (Wildman–Crippen LogP) is 4.55. The smallest absolute Gasteiger partial charge is 0.238 e. The van der Waals surface area contributed by atoms with E-state index >= 15 is 0 Å². The second kappa shape index (κ2) is 9.22. The first-order valence-corrected chi connectivity index (χ1v) is 12.7. The normalized spacial score (nSPS) is 19.9. The van der Waals surface area contributed by atoms with Crippen LogP contribution in [0, 0.1) is 6.92 Å². The fraction of sp³-hybridized carbons (Fsp3) is 0.370. The van der Waals surface area contributed by atoms with Crippen LogP contribution in [0.2, 0.25) is 5.02 Å². The van der Waals surface area contributed by atoms with E-state index in [1.807, 2.05) is 25.1 Å². The standard InChI is InChI=1S/C27H29ClN6O/c1-16-2-5-21-23(10-16)32-26(35)24(21)25-22(28)14-30-27(33-25)31-20-12-17(11-19(13-20)18-3-4-18)15-34-8-6-29-7-9-34/h2,5,10-14,18,24,29H,3-4,6-9,15H2,1H3,(H,32,35)(H,30,31,33). The number of aromatic nitrogens is 2. The van der Waals surface area contributed by atoms with Gasteiger partial charge in [-0.2, -0.15) is 0 Å². The minimum Gasteiger partial charge on any atom is -0.325 e. The fourth-order valence-electron chi connectivity index (χ4n) is 5.08. The number of anilines is 3. The lowest BCUT2D eigenvalue weighted by atomic mass is 9.96. The highest BCUT2D eigenvalue weighted by molar-refractivity contribution is 6.31. The van der Waals surface area contributed by atoms with E-state index < -0.39 is 5.92 Å². The molecule has 2 aliphatic heterocycles. The molecule has 3 N–H and O–H groups in total. The van der Waals surface area contributed by atoms with Crippen LogP contribution in [0.15, 0.2) is 42.6 Å². The Morgan fingerprint density at radius 1 is 1.14 bits per heavy atom. The molecule has 2 fully saturated rings. The third-order valence-electron chi connectivity index (χ3n) is 7.02. The maximum atomic E-state index is 12.9. The Bertz CT molecular complexity index is 1280. The van der Waals surface area contributed by atoms with Crippen LogP contribution >= 0.6 is 11.6 Å². The summed E-state index contributed by atoms with van der Waals surface area (Å²) in [6.07, 6.45) is 4.07. The molecule has 3 aromatic rings. The summed E-state index contributed by atoms with van der Waals surface area (Å²) in [5.41, 5.74) is 6.96. The number of nitrogens with zero attached hydrogens (tertiary/aromatic N) is 3. The Hall–Kier alpha value is -3.00. The van der Waals surface area contributed by atoms with Crippen LogP contribution in [0.5, 0.6) is 0 Å². The summed E-state index contributed by atoms with van der Waals surface area (Å²) >= 11 is 6.51. The van der Waals surface area contributed by atoms with E-state index in [1.54, 1.807) is 6.20 Å². The lowest BCUT2D eigenvalue weighted by Gasteiger charge is -2.27. The zero-order chi connectivity index (χ0) is 23.9. The van der Waals surface area contributed by atoms with E-state index in [0.29, 0.717) is 22.6 Å². The molecule has 1 unspecified atom stereocenters. The summed E-state index contributed by atoms with van der Waals surface area (Å²) in [6.45, 7) is 7.13. The van der Waals surface area contributed by atoms with Crippen molar-refractivity contribution in [3.8, 4) is 0 Å². The van der Waals surface area contributed by atoms with Crippen molar-refractivity contribution < 1.29 is 4.79 Å². The van der Waals surface area contributed by atoms with Crippen LogP contribution in [0.25, 0.3) is 0 Å². The lowest BCUT2D eigenvalue weighted by Crippen LogP contribution is -2.42. The number of halogens is 1. The Morgan fingerprint density at radius 3 is 2.77 bits per heavy atom. The Balaban J connectivity index is 1.29. The van der Waals surface area contributed by atoms with E-state index in [0.717, 1.165) is 55.2 Å². The van der Waals surface area contributed by atoms with Crippen LogP contribution in [-0.2, 0) is 11.3 Å². The number of fused-ring (bicyclic) bond motifs is 1. The highest BCUT2D eigenvalue weighted by atomic mass is 35.5. The maximum Gasteiger partial charge on any atom is 0.238 e.